The number of benzene rings is 1. The summed E-state index contributed by atoms with van der Waals surface area (Å²) in [6, 6.07) is 7.86. The van der Waals surface area contributed by atoms with Gasteiger partial charge in [0.15, 0.2) is 5.78 Å². The molecule has 0 spiro atoms. The van der Waals surface area contributed by atoms with Crippen molar-refractivity contribution in [2.45, 2.75) is 58.8 Å². The minimum absolute atomic E-state index is 0.200. The second-order valence-electron chi connectivity index (χ2n) is 11.0. The van der Waals surface area contributed by atoms with Crippen LogP contribution in [0.3, 0.4) is 0 Å². The zero-order valence-electron chi connectivity index (χ0n) is 22.9. The van der Waals surface area contributed by atoms with Gasteiger partial charge in [-0.05, 0) is 65.5 Å². The molecule has 1 saturated carbocycles. The van der Waals surface area contributed by atoms with E-state index in [1.165, 1.54) is 16.5 Å². The van der Waals surface area contributed by atoms with Crippen molar-refractivity contribution in [2.24, 2.45) is 5.41 Å². The van der Waals surface area contributed by atoms with Crippen LogP contribution in [0, 0.1) is 19.3 Å². The van der Waals surface area contributed by atoms with Gasteiger partial charge in [-0.1, -0.05) is 19.1 Å². The summed E-state index contributed by atoms with van der Waals surface area (Å²) in [4.78, 5) is 54.1. The van der Waals surface area contributed by atoms with E-state index in [0.29, 0.717) is 33.6 Å². The standard InChI is InChI=1S/C29H28BrN7O4/c1-14-5-8-22(30)33-27(14)34-28(41)21-10-29(4)25(26(29)40)37(21)23(39)13-36-20-7-6-17(18-11-31-16(3)32-12-18)9-19(20)24(35-36)15(2)38/h5-9,11-12,21,25-26,40H,10,13H2,1-4H3,(H,33,34,41)/t21-,25+,26-,29+/m0/s1. The maximum absolute atomic E-state index is 13.8. The summed E-state index contributed by atoms with van der Waals surface area (Å²) >= 11 is 3.33. The Morgan fingerprint density at radius 2 is 1.85 bits per heavy atom. The predicted octanol–water partition coefficient (Wildman–Crippen LogP) is 3.46. The number of piperidine rings is 1. The molecule has 4 heterocycles. The maximum atomic E-state index is 13.8. The van der Waals surface area contributed by atoms with Crippen molar-refractivity contribution < 1.29 is 19.5 Å². The first-order valence-corrected chi connectivity index (χ1v) is 14.0. The largest absolute Gasteiger partial charge is 0.390 e. The molecule has 4 atom stereocenters. The number of amides is 2. The first-order valence-electron chi connectivity index (χ1n) is 13.2. The van der Waals surface area contributed by atoms with Gasteiger partial charge in [0.2, 0.25) is 11.8 Å². The lowest BCUT2D eigenvalue weighted by molar-refractivity contribution is -0.139. The zero-order chi connectivity index (χ0) is 29.2. The van der Waals surface area contributed by atoms with Crippen LogP contribution in [-0.4, -0.2) is 70.5 Å². The number of aliphatic hydroxyl groups excluding tert-OH is 1. The van der Waals surface area contributed by atoms with E-state index in [1.54, 1.807) is 25.4 Å². The number of aryl methyl sites for hydroxylation is 2. The Morgan fingerprint density at radius 1 is 1.12 bits per heavy atom. The van der Waals surface area contributed by atoms with Crippen molar-refractivity contribution in [3.63, 3.8) is 0 Å². The second-order valence-corrected chi connectivity index (χ2v) is 11.8. The second kappa shape index (κ2) is 9.81. The van der Waals surface area contributed by atoms with Crippen molar-refractivity contribution in [1.82, 2.24) is 29.6 Å². The number of pyridine rings is 1. The summed E-state index contributed by atoms with van der Waals surface area (Å²) in [7, 11) is 0. The van der Waals surface area contributed by atoms with Gasteiger partial charge in [-0.3, -0.25) is 19.1 Å². The molecule has 2 fully saturated rings. The van der Waals surface area contributed by atoms with Crippen LogP contribution in [-0.2, 0) is 16.1 Å². The van der Waals surface area contributed by atoms with Crippen molar-refractivity contribution >= 4 is 50.2 Å². The molecular weight excluding hydrogens is 590 g/mol. The highest BCUT2D eigenvalue weighted by atomic mass is 79.9. The Labute approximate surface area is 244 Å². The summed E-state index contributed by atoms with van der Waals surface area (Å²) in [5.41, 5.74) is 2.66. The Hall–Kier alpha value is -4.03. The van der Waals surface area contributed by atoms with Gasteiger partial charge in [-0.2, -0.15) is 5.10 Å². The molecular formula is C29H28BrN7O4. The number of nitrogens with one attached hydrogen (secondary N) is 1. The lowest BCUT2D eigenvalue weighted by Gasteiger charge is -2.28. The molecule has 41 heavy (non-hydrogen) atoms. The third-order valence-electron chi connectivity index (χ3n) is 8.19. The van der Waals surface area contributed by atoms with Gasteiger partial charge >= 0.3 is 0 Å². The molecule has 210 valence electrons. The lowest BCUT2D eigenvalue weighted by atomic mass is 10.0. The van der Waals surface area contributed by atoms with Gasteiger partial charge in [0.05, 0.1) is 17.7 Å². The molecule has 2 N–H and O–H groups in total. The molecule has 1 saturated heterocycles. The number of likely N-dealkylation sites (tertiary alicyclic amines) is 1. The van der Waals surface area contributed by atoms with E-state index in [2.05, 4.69) is 41.3 Å². The third-order valence-corrected chi connectivity index (χ3v) is 8.63. The molecule has 3 aromatic heterocycles. The molecule has 2 amide bonds. The molecule has 6 rings (SSSR count). The molecule has 2 aliphatic rings. The van der Waals surface area contributed by atoms with Crippen LogP contribution in [0.4, 0.5) is 5.82 Å². The summed E-state index contributed by atoms with van der Waals surface area (Å²) in [5, 5.41) is 18.6. The Kier molecular flexibility index (Phi) is 6.50. The van der Waals surface area contributed by atoms with Crippen molar-refractivity contribution in [3.05, 3.63) is 64.4 Å². The van der Waals surface area contributed by atoms with Crippen LogP contribution in [0.5, 0.6) is 0 Å². The molecule has 11 nitrogen and oxygen atoms in total. The fraction of sp³-hybridized carbons (Fsp3) is 0.345. The molecule has 4 aromatic rings. The number of Topliss-reactive ketones (excluding diaryl/α,β-unsaturated/α-hetero) is 1. The Morgan fingerprint density at radius 3 is 2.56 bits per heavy atom. The summed E-state index contributed by atoms with van der Waals surface area (Å²) < 4.78 is 2.07. The van der Waals surface area contributed by atoms with Crippen molar-refractivity contribution in [3.8, 4) is 11.1 Å². The number of hydrogen-bond donors (Lipinski definition) is 2. The summed E-state index contributed by atoms with van der Waals surface area (Å²) in [6.07, 6.45) is 3.03. The number of rotatable bonds is 6. The number of aliphatic hydroxyl groups is 1. The van der Waals surface area contributed by atoms with Crippen molar-refractivity contribution in [2.75, 3.05) is 5.32 Å². The average molecular weight is 618 g/mol. The number of anilines is 1. The molecule has 1 aliphatic carbocycles. The van der Waals surface area contributed by atoms with Crippen molar-refractivity contribution in [1.29, 1.82) is 0 Å². The Bertz CT molecular complexity index is 1740. The molecule has 0 radical (unpaired) electrons. The fourth-order valence-corrected chi connectivity index (χ4v) is 6.12. The number of aromatic nitrogens is 5. The smallest absolute Gasteiger partial charge is 0.248 e. The van der Waals surface area contributed by atoms with Crippen LogP contribution in [0.2, 0.25) is 0 Å². The van der Waals surface area contributed by atoms with E-state index in [4.69, 9.17) is 0 Å². The van der Waals surface area contributed by atoms with E-state index in [0.717, 1.165) is 16.7 Å². The van der Waals surface area contributed by atoms with Gasteiger partial charge in [0.1, 0.15) is 34.5 Å². The van der Waals surface area contributed by atoms with Gasteiger partial charge < -0.3 is 15.3 Å². The van der Waals surface area contributed by atoms with Crippen LogP contribution in [0.25, 0.3) is 22.0 Å². The number of nitrogens with zero attached hydrogens (tertiary/aromatic N) is 6. The monoisotopic (exact) mass is 617 g/mol. The van der Waals surface area contributed by atoms with E-state index in [9.17, 15) is 19.5 Å². The van der Waals surface area contributed by atoms with E-state index >= 15 is 0 Å². The molecule has 1 aliphatic heterocycles. The van der Waals surface area contributed by atoms with Crippen LogP contribution in [0.1, 0.15) is 42.1 Å². The topological polar surface area (TPSA) is 143 Å². The Balaban J connectivity index is 1.31. The van der Waals surface area contributed by atoms with E-state index in [-0.39, 0.29) is 29.8 Å². The number of fused-ring (bicyclic) bond motifs is 2. The first kappa shape index (κ1) is 27.2. The fourth-order valence-electron chi connectivity index (χ4n) is 5.81. The maximum Gasteiger partial charge on any atom is 0.248 e. The third kappa shape index (κ3) is 4.60. The van der Waals surface area contributed by atoms with E-state index < -0.39 is 23.6 Å². The van der Waals surface area contributed by atoms with Gasteiger partial charge in [0, 0.05) is 35.7 Å². The average Bonchev–Trinajstić information content (AvgIpc) is 3.21. The number of hydrogen-bond acceptors (Lipinski definition) is 8. The zero-order valence-corrected chi connectivity index (χ0v) is 24.5. The SMILES string of the molecule is CC(=O)c1nn(CC(=O)N2[C@H](C(=O)Nc3nc(Br)ccc3C)C[C@@]3(C)[C@@H](O)[C@@H]23)c2ccc(-c3cnc(C)nc3)cc12. The van der Waals surface area contributed by atoms with E-state index in [1.807, 2.05) is 38.1 Å². The quantitative estimate of drug-likeness (QED) is 0.247. The first-order chi connectivity index (χ1) is 19.5. The highest BCUT2D eigenvalue weighted by molar-refractivity contribution is 9.10. The number of ketones is 1. The van der Waals surface area contributed by atoms with Crippen LogP contribution >= 0.6 is 15.9 Å². The lowest BCUT2D eigenvalue weighted by Crippen LogP contribution is -2.48. The minimum Gasteiger partial charge on any atom is -0.390 e. The van der Waals surface area contributed by atoms with Crippen LogP contribution < -0.4 is 5.32 Å². The number of halogens is 1. The molecule has 12 heteroatoms. The predicted molar refractivity (Wildman–Crippen MR) is 154 cm³/mol. The molecule has 0 bridgehead atoms. The molecule has 1 aromatic carbocycles. The number of carbonyl (C=O) groups is 3. The summed E-state index contributed by atoms with van der Waals surface area (Å²) in [5.74, 6) is 0.0812. The normalized spacial score (nSPS) is 23.0. The minimum atomic E-state index is -0.789. The summed E-state index contributed by atoms with van der Waals surface area (Å²) in [6.45, 7) is 6.75. The van der Waals surface area contributed by atoms with Gasteiger partial charge in [-0.15, -0.1) is 0 Å². The van der Waals surface area contributed by atoms with Gasteiger partial charge in [-0.25, -0.2) is 15.0 Å². The highest BCUT2D eigenvalue weighted by Crippen LogP contribution is 2.59. The highest BCUT2D eigenvalue weighted by Gasteiger charge is 2.72. The van der Waals surface area contributed by atoms with Crippen LogP contribution in [0.15, 0.2) is 47.3 Å². The van der Waals surface area contributed by atoms with Gasteiger partial charge in [0.25, 0.3) is 0 Å². The molecule has 0 unspecified atom stereocenters. The number of carbonyl (C=O) groups excluding carboxylic acids is 3.